The van der Waals surface area contributed by atoms with E-state index in [1.54, 1.807) is 13.3 Å². The number of ether oxygens (including phenoxy) is 2. The highest BCUT2D eigenvalue weighted by Gasteiger charge is 2.08. The number of hydrogen-bond acceptors (Lipinski definition) is 5. The number of aromatic nitrogens is 1. The molecule has 2 heterocycles. The molecule has 0 radical (unpaired) electrons. The van der Waals surface area contributed by atoms with E-state index in [1.165, 1.54) is 4.88 Å². The molecule has 6 nitrogen and oxygen atoms in total. The molecule has 7 heteroatoms. The molecule has 0 amide bonds. The summed E-state index contributed by atoms with van der Waals surface area (Å²) in [5, 5.41) is 8.86. The van der Waals surface area contributed by atoms with Crippen molar-refractivity contribution in [1.29, 1.82) is 0 Å². The Hall–Kier alpha value is -2.12. The fourth-order valence-corrected chi connectivity index (χ4v) is 3.39. The summed E-state index contributed by atoms with van der Waals surface area (Å²) in [5.41, 5.74) is 0.956. The van der Waals surface area contributed by atoms with Crippen LogP contribution in [0.1, 0.15) is 24.3 Å². The number of hydrogen-bond donors (Lipinski definition) is 2. The van der Waals surface area contributed by atoms with Gasteiger partial charge < -0.3 is 20.1 Å². The summed E-state index contributed by atoms with van der Waals surface area (Å²) in [6.45, 7) is 7.51. The van der Waals surface area contributed by atoms with E-state index in [1.807, 2.05) is 23.5 Å². The Kier molecular flexibility index (Phi) is 9.65. The van der Waals surface area contributed by atoms with Gasteiger partial charge in [-0.3, -0.25) is 0 Å². The van der Waals surface area contributed by atoms with Crippen LogP contribution in [0.4, 0.5) is 0 Å². The number of thiophene rings is 1. The minimum absolute atomic E-state index is 0.475. The molecule has 1 unspecified atom stereocenters. The highest BCUT2D eigenvalue weighted by molar-refractivity contribution is 7.09. The Balaban J connectivity index is 1.90. The van der Waals surface area contributed by atoms with E-state index in [2.05, 4.69) is 52.0 Å². The summed E-state index contributed by atoms with van der Waals surface area (Å²) in [7, 11) is 1.65. The number of rotatable bonds is 11. The molecule has 2 aromatic heterocycles. The van der Waals surface area contributed by atoms with Gasteiger partial charge in [0.05, 0.1) is 13.2 Å². The van der Waals surface area contributed by atoms with Crippen LogP contribution in [0.15, 0.2) is 40.8 Å². The van der Waals surface area contributed by atoms with Gasteiger partial charge in [-0.1, -0.05) is 19.1 Å². The minimum Gasteiger partial charge on any atom is -0.475 e. The third-order valence-electron chi connectivity index (χ3n) is 3.88. The Labute approximate surface area is 166 Å². The van der Waals surface area contributed by atoms with E-state index >= 15 is 0 Å². The molecule has 0 bridgehead atoms. The number of guanidine groups is 1. The summed E-state index contributed by atoms with van der Waals surface area (Å²) in [6, 6.07) is 8.18. The van der Waals surface area contributed by atoms with E-state index in [-0.39, 0.29) is 0 Å². The second-order valence-corrected chi connectivity index (χ2v) is 7.31. The molecule has 0 aliphatic heterocycles. The molecule has 2 rings (SSSR count). The monoisotopic (exact) mass is 390 g/mol. The van der Waals surface area contributed by atoms with Crippen LogP contribution in [0.2, 0.25) is 0 Å². The summed E-state index contributed by atoms with van der Waals surface area (Å²) in [5.74, 6) is 1.95. The fraction of sp³-hybridized carbons (Fsp3) is 0.500. The highest BCUT2D eigenvalue weighted by Crippen LogP contribution is 2.16. The van der Waals surface area contributed by atoms with Gasteiger partial charge in [0.25, 0.3) is 0 Å². The van der Waals surface area contributed by atoms with Crippen molar-refractivity contribution in [3.05, 3.63) is 46.3 Å². The van der Waals surface area contributed by atoms with E-state index in [4.69, 9.17) is 9.47 Å². The lowest BCUT2D eigenvalue weighted by molar-refractivity contribution is 0.143. The Morgan fingerprint density at radius 3 is 2.89 bits per heavy atom. The maximum absolute atomic E-state index is 5.68. The van der Waals surface area contributed by atoms with Gasteiger partial charge in [0, 0.05) is 36.8 Å². The number of aliphatic imine (C=N–C) groups is 1. The third-order valence-corrected chi connectivity index (χ3v) is 4.77. The average molecular weight is 391 g/mol. The molecule has 27 heavy (non-hydrogen) atoms. The van der Waals surface area contributed by atoms with Crippen LogP contribution in [0.3, 0.4) is 0 Å². The normalized spacial score (nSPS) is 12.6. The standard InChI is InChI=1S/C20H30N4O2S/c1-4-21-20(23-14-16(2)13-18-8-6-12-27-18)24-15-17-7-5-9-22-19(17)26-11-10-25-3/h5-9,12,16H,4,10-11,13-15H2,1-3H3,(H2,21,23,24). The van der Waals surface area contributed by atoms with Gasteiger partial charge in [-0.25, -0.2) is 9.98 Å². The van der Waals surface area contributed by atoms with Crippen molar-refractivity contribution in [3.63, 3.8) is 0 Å². The lowest BCUT2D eigenvalue weighted by Crippen LogP contribution is -2.39. The lowest BCUT2D eigenvalue weighted by atomic mass is 10.1. The first kappa shape index (κ1) is 21.2. The Bertz CT molecular complexity index is 676. The Morgan fingerprint density at radius 1 is 1.26 bits per heavy atom. The lowest BCUT2D eigenvalue weighted by Gasteiger charge is -2.16. The van der Waals surface area contributed by atoms with Gasteiger partial charge in [-0.05, 0) is 36.8 Å². The molecule has 0 saturated carbocycles. The zero-order valence-corrected chi connectivity index (χ0v) is 17.2. The minimum atomic E-state index is 0.475. The van der Waals surface area contributed by atoms with Crippen LogP contribution >= 0.6 is 11.3 Å². The molecule has 0 saturated heterocycles. The van der Waals surface area contributed by atoms with Gasteiger partial charge >= 0.3 is 0 Å². The van der Waals surface area contributed by atoms with E-state index in [0.29, 0.717) is 31.6 Å². The second kappa shape index (κ2) is 12.3. The van der Waals surface area contributed by atoms with Gasteiger partial charge in [-0.15, -0.1) is 11.3 Å². The highest BCUT2D eigenvalue weighted by atomic mass is 32.1. The molecule has 0 aromatic carbocycles. The molecule has 1 atom stereocenters. The largest absolute Gasteiger partial charge is 0.475 e. The van der Waals surface area contributed by atoms with Crippen LogP contribution in [0, 0.1) is 5.92 Å². The van der Waals surface area contributed by atoms with E-state index in [0.717, 1.165) is 31.0 Å². The third kappa shape index (κ3) is 7.97. The van der Waals surface area contributed by atoms with Crippen molar-refractivity contribution in [2.75, 3.05) is 33.4 Å². The van der Waals surface area contributed by atoms with Crippen molar-refractivity contribution in [3.8, 4) is 5.88 Å². The smallest absolute Gasteiger partial charge is 0.218 e. The van der Waals surface area contributed by atoms with Crippen LogP contribution in [-0.2, 0) is 17.7 Å². The predicted octanol–water partition coefficient (Wildman–Crippen LogP) is 3.10. The van der Waals surface area contributed by atoms with Gasteiger partial charge in [0.15, 0.2) is 5.96 Å². The van der Waals surface area contributed by atoms with Crippen molar-refractivity contribution >= 4 is 17.3 Å². The number of methoxy groups -OCH3 is 1. The van der Waals surface area contributed by atoms with Crippen LogP contribution < -0.4 is 15.4 Å². The zero-order chi connectivity index (χ0) is 19.3. The number of nitrogens with zero attached hydrogens (tertiary/aromatic N) is 2. The SMILES string of the molecule is CCNC(=NCc1cccnc1OCCOC)NCC(C)Cc1cccs1. The molecule has 148 valence electrons. The van der Waals surface area contributed by atoms with Crippen LogP contribution in [0.5, 0.6) is 5.88 Å². The molecule has 2 N–H and O–H groups in total. The molecule has 0 fully saturated rings. The van der Waals surface area contributed by atoms with Crippen molar-refractivity contribution < 1.29 is 9.47 Å². The van der Waals surface area contributed by atoms with E-state index in [9.17, 15) is 0 Å². The molecular formula is C20H30N4O2S. The molecule has 2 aromatic rings. The summed E-state index contributed by atoms with van der Waals surface area (Å²) in [4.78, 5) is 10.4. The number of nitrogens with one attached hydrogen (secondary N) is 2. The van der Waals surface area contributed by atoms with Gasteiger partial charge in [-0.2, -0.15) is 0 Å². The fourth-order valence-electron chi connectivity index (χ4n) is 2.52. The van der Waals surface area contributed by atoms with Crippen LogP contribution in [0.25, 0.3) is 0 Å². The van der Waals surface area contributed by atoms with Crippen LogP contribution in [-0.4, -0.2) is 44.4 Å². The van der Waals surface area contributed by atoms with Crippen molar-refractivity contribution in [2.45, 2.75) is 26.8 Å². The summed E-state index contributed by atoms with van der Waals surface area (Å²) >= 11 is 1.81. The Morgan fingerprint density at radius 2 is 2.15 bits per heavy atom. The average Bonchev–Trinajstić information content (AvgIpc) is 3.18. The molecule has 0 aliphatic carbocycles. The first-order valence-electron chi connectivity index (χ1n) is 9.33. The molecule has 0 spiro atoms. The maximum atomic E-state index is 5.68. The van der Waals surface area contributed by atoms with E-state index < -0.39 is 0 Å². The number of pyridine rings is 1. The quantitative estimate of drug-likeness (QED) is 0.351. The summed E-state index contributed by atoms with van der Waals surface area (Å²) in [6.07, 6.45) is 2.80. The molecule has 0 aliphatic rings. The first-order chi connectivity index (χ1) is 13.2. The maximum Gasteiger partial charge on any atom is 0.218 e. The predicted molar refractivity (Wildman–Crippen MR) is 112 cm³/mol. The summed E-state index contributed by atoms with van der Waals surface area (Å²) < 4.78 is 10.7. The first-order valence-corrected chi connectivity index (χ1v) is 10.2. The zero-order valence-electron chi connectivity index (χ0n) is 16.4. The van der Waals surface area contributed by atoms with Gasteiger partial charge in [0.2, 0.25) is 5.88 Å². The van der Waals surface area contributed by atoms with Gasteiger partial charge in [0.1, 0.15) is 6.61 Å². The second-order valence-electron chi connectivity index (χ2n) is 6.27. The van der Waals surface area contributed by atoms with Crippen molar-refractivity contribution in [1.82, 2.24) is 15.6 Å². The molecular weight excluding hydrogens is 360 g/mol. The van der Waals surface area contributed by atoms with Crippen molar-refractivity contribution in [2.24, 2.45) is 10.9 Å². The topological polar surface area (TPSA) is 67.8 Å².